The summed E-state index contributed by atoms with van der Waals surface area (Å²) in [5.74, 6) is 0.965. The summed E-state index contributed by atoms with van der Waals surface area (Å²) >= 11 is 6.39. The Morgan fingerprint density at radius 2 is 2.15 bits per heavy atom. The van der Waals surface area contributed by atoms with Crippen LogP contribution in [-0.2, 0) is 4.79 Å². The van der Waals surface area contributed by atoms with Crippen LogP contribution in [0.3, 0.4) is 0 Å². The maximum atomic E-state index is 12.5. The zero-order valence-electron chi connectivity index (χ0n) is 15.0. The number of pyridine rings is 1. The fourth-order valence-electron chi connectivity index (χ4n) is 4.05. The van der Waals surface area contributed by atoms with Gasteiger partial charge < -0.3 is 9.64 Å². The quantitative estimate of drug-likeness (QED) is 0.898. The molecule has 1 aromatic heterocycles. The Labute approximate surface area is 158 Å². The maximum Gasteiger partial charge on any atom is 0.242 e. The highest BCUT2D eigenvalue weighted by Gasteiger charge is 2.50. The third kappa shape index (κ3) is 2.85. The number of nitrogens with one attached hydrogen (secondary N) is 1. The second-order valence-electron chi connectivity index (χ2n) is 7.11. The van der Waals surface area contributed by atoms with Crippen molar-refractivity contribution in [2.45, 2.75) is 30.8 Å². The lowest BCUT2D eigenvalue weighted by Crippen LogP contribution is -2.47. The minimum Gasteiger partial charge on any atom is -0.497 e. The van der Waals surface area contributed by atoms with Crippen LogP contribution in [-0.4, -0.2) is 42.0 Å². The number of likely N-dealkylation sites (N-methyl/N-ethyl adjacent to an activating group) is 1. The molecule has 1 aromatic carbocycles. The van der Waals surface area contributed by atoms with Crippen molar-refractivity contribution in [2.75, 3.05) is 20.7 Å². The number of amides is 1. The number of nitrogens with zero attached hydrogens (tertiary/aromatic N) is 2. The molecule has 0 bridgehead atoms. The van der Waals surface area contributed by atoms with Gasteiger partial charge in [0.1, 0.15) is 11.3 Å². The molecule has 0 aliphatic carbocycles. The third-order valence-electron chi connectivity index (χ3n) is 5.56. The Balaban J connectivity index is 1.62. The number of ether oxygens (including phenoxy) is 1. The molecule has 3 heterocycles. The molecule has 136 valence electrons. The first-order valence-corrected chi connectivity index (χ1v) is 9.23. The highest BCUT2D eigenvalue weighted by atomic mass is 35.5. The van der Waals surface area contributed by atoms with Gasteiger partial charge in [-0.25, -0.2) is 0 Å². The van der Waals surface area contributed by atoms with E-state index in [1.54, 1.807) is 13.3 Å². The molecule has 2 aromatic rings. The van der Waals surface area contributed by atoms with Gasteiger partial charge in [-0.05, 0) is 55.2 Å². The molecule has 0 saturated carbocycles. The van der Waals surface area contributed by atoms with Gasteiger partial charge >= 0.3 is 0 Å². The topological polar surface area (TPSA) is 54.5 Å². The average molecular weight is 372 g/mol. The van der Waals surface area contributed by atoms with E-state index in [2.05, 4.69) is 16.4 Å². The number of benzene rings is 1. The molecule has 1 amide bonds. The van der Waals surface area contributed by atoms with Gasteiger partial charge in [-0.1, -0.05) is 11.6 Å². The van der Waals surface area contributed by atoms with E-state index < -0.39 is 5.54 Å². The molecule has 2 aliphatic heterocycles. The van der Waals surface area contributed by atoms with Crippen molar-refractivity contribution in [1.29, 1.82) is 0 Å². The normalized spacial score (nSPS) is 25.3. The van der Waals surface area contributed by atoms with Crippen LogP contribution in [0, 0.1) is 0 Å². The van der Waals surface area contributed by atoms with E-state index in [1.807, 2.05) is 36.2 Å². The number of carbonyl (C=O) groups is 1. The second kappa shape index (κ2) is 6.56. The highest BCUT2D eigenvalue weighted by molar-refractivity contribution is 6.33. The monoisotopic (exact) mass is 371 g/mol. The average Bonchev–Trinajstić information content (AvgIpc) is 3.22. The van der Waals surface area contributed by atoms with E-state index in [0.717, 1.165) is 48.4 Å². The van der Waals surface area contributed by atoms with Crippen LogP contribution in [0.25, 0.3) is 11.1 Å². The smallest absolute Gasteiger partial charge is 0.242 e. The molecule has 1 N–H and O–H groups in total. The van der Waals surface area contributed by atoms with Gasteiger partial charge in [0.15, 0.2) is 0 Å². The molecular weight excluding hydrogens is 350 g/mol. The Bertz CT molecular complexity index is 857. The van der Waals surface area contributed by atoms with Crippen LogP contribution in [0.1, 0.15) is 31.0 Å². The summed E-state index contributed by atoms with van der Waals surface area (Å²) in [6.45, 7) is 0.811. The summed E-state index contributed by atoms with van der Waals surface area (Å²) in [7, 11) is 3.51. The van der Waals surface area contributed by atoms with Crippen molar-refractivity contribution in [3.63, 3.8) is 0 Å². The summed E-state index contributed by atoms with van der Waals surface area (Å²) in [5.41, 5.74) is 2.45. The largest absolute Gasteiger partial charge is 0.497 e. The molecule has 0 unspecified atom stereocenters. The number of likely N-dealkylation sites (tertiary alicyclic amines) is 1. The number of carbonyl (C=O) groups excluding carboxylic acids is 1. The van der Waals surface area contributed by atoms with Gasteiger partial charge in [0.25, 0.3) is 0 Å². The predicted molar refractivity (Wildman–Crippen MR) is 101 cm³/mol. The number of hydrogen-bond donors (Lipinski definition) is 1. The molecule has 5 nitrogen and oxygen atoms in total. The van der Waals surface area contributed by atoms with Crippen LogP contribution in [0.15, 0.2) is 36.5 Å². The van der Waals surface area contributed by atoms with Gasteiger partial charge in [-0.15, -0.1) is 0 Å². The van der Waals surface area contributed by atoms with E-state index >= 15 is 0 Å². The van der Waals surface area contributed by atoms with Crippen LogP contribution in [0.2, 0.25) is 5.02 Å². The van der Waals surface area contributed by atoms with Crippen molar-refractivity contribution in [3.8, 4) is 16.9 Å². The Morgan fingerprint density at radius 3 is 2.88 bits per heavy atom. The molecule has 2 saturated heterocycles. The number of methoxy groups -OCH3 is 1. The molecule has 2 atom stereocenters. The van der Waals surface area contributed by atoms with Crippen molar-refractivity contribution in [3.05, 3.63) is 47.2 Å². The first kappa shape index (κ1) is 17.3. The zero-order valence-corrected chi connectivity index (χ0v) is 15.7. The fraction of sp³-hybridized carbons (Fsp3) is 0.400. The minimum absolute atomic E-state index is 0.0785. The molecule has 0 radical (unpaired) electrons. The summed E-state index contributed by atoms with van der Waals surface area (Å²) in [6, 6.07) is 9.70. The second-order valence-corrected chi connectivity index (χ2v) is 7.52. The van der Waals surface area contributed by atoms with E-state index in [-0.39, 0.29) is 11.9 Å². The lowest BCUT2D eigenvalue weighted by Gasteiger charge is -2.23. The zero-order chi connectivity index (χ0) is 18.3. The molecule has 6 heteroatoms. The van der Waals surface area contributed by atoms with Crippen LogP contribution < -0.4 is 10.1 Å². The molecule has 1 spiro atoms. The van der Waals surface area contributed by atoms with E-state index in [0.29, 0.717) is 5.02 Å². The van der Waals surface area contributed by atoms with Gasteiger partial charge in [-0.3, -0.25) is 15.1 Å². The molecule has 26 heavy (non-hydrogen) atoms. The van der Waals surface area contributed by atoms with Gasteiger partial charge in [0.05, 0.1) is 18.8 Å². The lowest BCUT2D eigenvalue weighted by molar-refractivity contribution is -0.131. The predicted octanol–water partition coefficient (Wildman–Crippen LogP) is 3.44. The fourth-order valence-corrected chi connectivity index (χ4v) is 4.27. The van der Waals surface area contributed by atoms with Crippen LogP contribution in [0.5, 0.6) is 5.75 Å². The Morgan fingerprint density at radius 1 is 1.31 bits per heavy atom. The lowest BCUT2D eigenvalue weighted by atomic mass is 9.96. The van der Waals surface area contributed by atoms with E-state index in [4.69, 9.17) is 16.3 Å². The van der Waals surface area contributed by atoms with E-state index in [9.17, 15) is 4.79 Å². The van der Waals surface area contributed by atoms with Crippen molar-refractivity contribution in [2.24, 2.45) is 0 Å². The molecule has 2 fully saturated rings. The SMILES string of the molecule is COc1ccc(Cl)c(-c2ccnc([C@H]3CC[C@@]4(CCN(C)C4=O)N3)c2)c1. The maximum absolute atomic E-state index is 12.5. The Hall–Kier alpha value is -2.11. The summed E-state index contributed by atoms with van der Waals surface area (Å²) in [4.78, 5) is 18.9. The van der Waals surface area contributed by atoms with Crippen molar-refractivity contribution in [1.82, 2.24) is 15.2 Å². The Kier molecular flexibility index (Phi) is 4.37. The van der Waals surface area contributed by atoms with Crippen LogP contribution in [0.4, 0.5) is 0 Å². The van der Waals surface area contributed by atoms with E-state index in [1.165, 1.54) is 0 Å². The molecular formula is C20H22ClN3O2. The number of halogens is 1. The first-order chi connectivity index (χ1) is 12.5. The van der Waals surface area contributed by atoms with Gasteiger partial charge in [0.2, 0.25) is 5.91 Å². The highest BCUT2D eigenvalue weighted by Crippen LogP contribution is 2.39. The minimum atomic E-state index is -0.412. The van der Waals surface area contributed by atoms with Crippen LogP contribution >= 0.6 is 11.6 Å². The number of hydrogen-bond acceptors (Lipinski definition) is 4. The summed E-state index contributed by atoms with van der Waals surface area (Å²) < 4.78 is 5.32. The molecule has 4 rings (SSSR count). The van der Waals surface area contributed by atoms with Crippen molar-refractivity contribution >= 4 is 17.5 Å². The van der Waals surface area contributed by atoms with Gasteiger partial charge in [0, 0.05) is 30.4 Å². The number of rotatable bonds is 3. The standard InChI is InChI=1S/C20H22ClN3O2/c1-24-10-8-20(19(24)25)7-5-17(23-20)18-11-13(6-9-22-18)15-12-14(26-2)3-4-16(15)21/h3-4,6,9,11-12,17,23H,5,7-8,10H2,1-2H3/t17-,20+/m1/s1. The third-order valence-corrected chi connectivity index (χ3v) is 5.89. The van der Waals surface area contributed by atoms with Crippen molar-refractivity contribution < 1.29 is 9.53 Å². The summed E-state index contributed by atoms with van der Waals surface area (Å²) in [5, 5.41) is 4.24. The molecule has 2 aliphatic rings. The first-order valence-electron chi connectivity index (χ1n) is 8.85. The number of aromatic nitrogens is 1. The summed E-state index contributed by atoms with van der Waals surface area (Å²) in [6.07, 6.45) is 4.42. The van der Waals surface area contributed by atoms with Gasteiger partial charge in [-0.2, -0.15) is 0 Å².